The number of nitrogens with zero attached hydrogens (tertiary/aromatic N) is 4. The average molecular weight is 452 g/mol. The predicted molar refractivity (Wildman–Crippen MR) is 131 cm³/mol. The Morgan fingerprint density at radius 3 is 2.76 bits per heavy atom. The van der Waals surface area contributed by atoms with Gasteiger partial charge >= 0.3 is 0 Å². The van der Waals surface area contributed by atoms with Crippen LogP contribution in [-0.4, -0.2) is 48.3 Å². The van der Waals surface area contributed by atoms with Crippen molar-refractivity contribution >= 4 is 10.9 Å². The van der Waals surface area contributed by atoms with E-state index in [1.54, 1.807) is 12.5 Å². The highest BCUT2D eigenvalue weighted by molar-refractivity contribution is 5.94. The van der Waals surface area contributed by atoms with Gasteiger partial charge in [0.1, 0.15) is 5.75 Å². The van der Waals surface area contributed by atoms with Gasteiger partial charge in [-0.1, -0.05) is 12.1 Å². The largest absolute Gasteiger partial charge is 0.506 e. The Hall–Kier alpha value is -4.04. The number of hydrogen-bond acceptors (Lipinski definition) is 6. The van der Waals surface area contributed by atoms with Crippen LogP contribution < -0.4 is 5.32 Å². The molecule has 0 bridgehead atoms. The second-order valence-electron chi connectivity index (χ2n) is 8.77. The molecule has 1 aliphatic rings. The Bertz CT molecular complexity index is 1480. The number of benzene rings is 1. The molecule has 5 aromatic rings. The SMILES string of the molecule is Cc1cccc(-c2[nH]cnc2-c2ccc3ncc(-c4cc(C5CCNCC5)n[nH]4)c(O)c3c2)n1. The fourth-order valence-corrected chi connectivity index (χ4v) is 4.72. The topological polar surface area (TPSA) is 115 Å². The maximum Gasteiger partial charge on any atom is 0.135 e. The molecular formula is C26H25N7O. The lowest BCUT2D eigenvalue weighted by molar-refractivity contribution is 0.453. The number of imidazole rings is 1. The van der Waals surface area contributed by atoms with E-state index in [1.165, 1.54) is 0 Å². The van der Waals surface area contributed by atoms with Gasteiger partial charge in [-0.05, 0) is 63.2 Å². The molecule has 0 amide bonds. The maximum absolute atomic E-state index is 11.2. The minimum Gasteiger partial charge on any atom is -0.506 e. The first-order valence-electron chi connectivity index (χ1n) is 11.5. The molecule has 1 fully saturated rings. The van der Waals surface area contributed by atoms with E-state index in [0.29, 0.717) is 22.4 Å². The number of aromatic hydroxyl groups is 1. The summed E-state index contributed by atoms with van der Waals surface area (Å²) in [6.45, 7) is 3.98. The third kappa shape index (κ3) is 3.62. The third-order valence-electron chi connectivity index (χ3n) is 6.54. The molecule has 0 atom stereocenters. The Labute approximate surface area is 196 Å². The van der Waals surface area contributed by atoms with E-state index in [-0.39, 0.29) is 5.75 Å². The smallest absolute Gasteiger partial charge is 0.135 e. The van der Waals surface area contributed by atoms with Gasteiger partial charge in [-0.25, -0.2) is 4.98 Å². The molecule has 0 aliphatic carbocycles. The summed E-state index contributed by atoms with van der Waals surface area (Å²) in [5.74, 6) is 0.611. The molecule has 1 aliphatic heterocycles. The highest BCUT2D eigenvalue weighted by atomic mass is 16.3. The summed E-state index contributed by atoms with van der Waals surface area (Å²) >= 11 is 0. The molecule has 6 rings (SSSR count). The molecule has 0 saturated carbocycles. The van der Waals surface area contributed by atoms with Crippen molar-refractivity contribution in [2.24, 2.45) is 0 Å². The van der Waals surface area contributed by atoms with Gasteiger partial charge in [-0.2, -0.15) is 5.10 Å². The fraction of sp³-hybridized carbons (Fsp3) is 0.231. The van der Waals surface area contributed by atoms with Crippen LogP contribution in [0.1, 0.15) is 30.1 Å². The van der Waals surface area contributed by atoms with Gasteiger partial charge in [0.2, 0.25) is 0 Å². The van der Waals surface area contributed by atoms with E-state index in [0.717, 1.165) is 65.7 Å². The third-order valence-corrected chi connectivity index (χ3v) is 6.54. The number of aromatic amines is 2. The van der Waals surface area contributed by atoms with Gasteiger partial charge < -0.3 is 15.4 Å². The van der Waals surface area contributed by atoms with Gasteiger partial charge in [-0.3, -0.25) is 15.1 Å². The molecule has 170 valence electrons. The van der Waals surface area contributed by atoms with Crippen LogP contribution in [0.2, 0.25) is 0 Å². The molecular weight excluding hydrogens is 426 g/mol. The maximum atomic E-state index is 11.2. The van der Waals surface area contributed by atoms with E-state index in [1.807, 2.05) is 49.4 Å². The average Bonchev–Trinajstić information content (AvgIpc) is 3.55. The lowest BCUT2D eigenvalue weighted by Crippen LogP contribution is -2.26. The van der Waals surface area contributed by atoms with E-state index >= 15 is 0 Å². The van der Waals surface area contributed by atoms with Crippen molar-refractivity contribution in [2.75, 3.05) is 13.1 Å². The highest BCUT2D eigenvalue weighted by Crippen LogP contribution is 2.38. The van der Waals surface area contributed by atoms with Crippen molar-refractivity contribution in [3.05, 3.63) is 66.4 Å². The van der Waals surface area contributed by atoms with Crippen LogP contribution in [0.5, 0.6) is 5.75 Å². The standard InChI is InChI=1S/C26H25N7O/c1-15-3-2-4-21(31-15)25-24(29-14-30-25)17-5-6-20-18(11-17)26(34)19(13-28-20)23-12-22(32-33-23)16-7-9-27-10-8-16/h2-6,11-14,16,27H,7-10H2,1H3,(H,28,34)(H,29,30)(H,32,33). The first-order chi connectivity index (χ1) is 16.7. The van der Waals surface area contributed by atoms with Crippen molar-refractivity contribution in [3.8, 4) is 39.7 Å². The number of H-pyrrole nitrogens is 2. The molecule has 1 saturated heterocycles. The molecule has 0 radical (unpaired) electrons. The minimum absolute atomic E-state index is 0.179. The summed E-state index contributed by atoms with van der Waals surface area (Å²) in [7, 11) is 0. The summed E-state index contributed by atoms with van der Waals surface area (Å²) in [6.07, 6.45) is 5.50. The number of fused-ring (bicyclic) bond motifs is 1. The fourth-order valence-electron chi connectivity index (χ4n) is 4.72. The number of aryl methyl sites for hydroxylation is 1. The second kappa shape index (κ2) is 8.39. The summed E-state index contributed by atoms with van der Waals surface area (Å²) in [5, 5.41) is 22.9. The zero-order chi connectivity index (χ0) is 23.1. The lowest BCUT2D eigenvalue weighted by Gasteiger charge is -2.20. The Morgan fingerprint density at radius 2 is 1.91 bits per heavy atom. The number of rotatable bonds is 4. The summed E-state index contributed by atoms with van der Waals surface area (Å²) in [5.41, 5.74) is 7.42. The monoisotopic (exact) mass is 451 g/mol. The lowest BCUT2D eigenvalue weighted by atomic mass is 9.94. The van der Waals surface area contributed by atoms with E-state index in [4.69, 9.17) is 0 Å². The molecule has 0 spiro atoms. The van der Waals surface area contributed by atoms with Gasteiger partial charge in [-0.15, -0.1) is 0 Å². The summed E-state index contributed by atoms with van der Waals surface area (Å²) in [4.78, 5) is 17.0. The molecule has 5 heterocycles. The molecule has 8 nitrogen and oxygen atoms in total. The quantitative estimate of drug-likeness (QED) is 0.318. The number of piperidine rings is 1. The van der Waals surface area contributed by atoms with Crippen molar-refractivity contribution in [1.82, 2.24) is 35.5 Å². The normalized spacial score (nSPS) is 14.6. The van der Waals surface area contributed by atoms with Crippen LogP contribution in [0, 0.1) is 6.92 Å². The molecule has 4 N–H and O–H groups in total. The van der Waals surface area contributed by atoms with Gasteiger partial charge in [0.25, 0.3) is 0 Å². The van der Waals surface area contributed by atoms with Crippen molar-refractivity contribution in [3.63, 3.8) is 0 Å². The van der Waals surface area contributed by atoms with Crippen molar-refractivity contribution in [2.45, 2.75) is 25.7 Å². The summed E-state index contributed by atoms with van der Waals surface area (Å²) in [6, 6.07) is 13.7. The van der Waals surface area contributed by atoms with E-state index in [9.17, 15) is 5.11 Å². The number of hydrogen-bond donors (Lipinski definition) is 4. The van der Waals surface area contributed by atoms with Crippen LogP contribution in [-0.2, 0) is 0 Å². The van der Waals surface area contributed by atoms with Crippen LogP contribution in [0.25, 0.3) is 44.8 Å². The molecule has 1 aromatic carbocycles. The van der Waals surface area contributed by atoms with Crippen LogP contribution in [0.15, 0.2) is 55.0 Å². The number of nitrogens with one attached hydrogen (secondary N) is 3. The zero-order valence-corrected chi connectivity index (χ0v) is 18.8. The molecule has 8 heteroatoms. The first kappa shape index (κ1) is 20.6. The number of aromatic nitrogens is 6. The van der Waals surface area contributed by atoms with Crippen LogP contribution in [0.3, 0.4) is 0 Å². The minimum atomic E-state index is 0.179. The Morgan fingerprint density at radius 1 is 1.03 bits per heavy atom. The summed E-state index contributed by atoms with van der Waals surface area (Å²) < 4.78 is 0. The first-order valence-corrected chi connectivity index (χ1v) is 11.5. The highest BCUT2D eigenvalue weighted by Gasteiger charge is 2.20. The van der Waals surface area contributed by atoms with Crippen molar-refractivity contribution in [1.29, 1.82) is 0 Å². The zero-order valence-electron chi connectivity index (χ0n) is 18.8. The number of pyridine rings is 2. The van der Waals surface area contributed by atoms with Gasteiger partial charge in [0.05, 0.1) is 45.9 Å². The van der Waals surface area contributed by atoms with Crippen LogP contribution in [0.4, 0.5) is 0 Å². The van der Waals surface area contributed by atoms with E-state index in [2.05, 4.69) is 35.5 Å². The Kier molecular flexibility index (Phi) is 5.07. The molecule has 4 aromatic heterocycles. The molecule has 34 heavy (non-hydrogen) atoms. The van der Waals surface area contributed by atoms with Crippen molar-refractivity contribution < 1.29 is 5.11 Å². The van der Waals surface area contributed by atoms with Gasteiger partial charge in [0, 0.05) is 28.8 Å². The second-order valence-corrected chi connectivity index (χ2v) is 8.77. The van der Waals surface area contributed by atoms with Gasteiger partial charge in [0.15, 0.2) is 0 Å². The van der Waals surface area contributed by atoms with E-state index < -0.39 is 0 Å². The Balaban J connectivity index is 1.40. The molecule has 0 unspecified atom stereocenters. The van der Waals surface area contributed by atoms with Crippen LogP contribution >= 0.6 is 0 Å². The predicted octanol–water partition coefficient (Wildman–Crippen LogP) is 4.56.